The molecule has 0 spiro atoms. The monoisotopic (exact) mass is 204 g/mol. The Bertz CT molecular complexity index is 474. The number of aromatic nitrogens is 2. The molecule has 0 N–H and O–H groups in total. The number of rotatable bonds is 2. The zero-order chi connectivity index (χ0) is 10.8. The maximum Gasteiger partial charge on any atom is 0.127 e. The minimum atomic E-state index is -0.140. The number of hydrogen-bond acceptors (Lipinski definition) is 1. The smallest absolute Gasteiger partial charge is 0.127 e. The third kappa shape index (κ3) is 1.91. The Morgan fingerprint density at radius 1 is 1.33 bits per heavy atom. The van der Waals surface area contributed by atoms with Gasteiger partial charge in [0, 0.05) is 18.8 Å². The van der Waals surface area contributed by atoms with E-state index in [0.29, 0.717) is 0 Å². The zero-order valence-electron chi connectivity index (χ0n) is 8.87. The Hall–Kier alpha value is -1.64. The highest BCUT2D eigenvalue weighted by Gasteiger charge is 2.04. The van der Waals surface area contributed by atoms with Crippen molar-refractivity contribution in [3.63, 3.8) is 0 Å². The number of hydrogen-bond donors (Lipinski definition) is 0. The number of nitrogens with zero attached hydrogens (tertiary/aromatic N) is 2. The average molecular weight is 204 g/mol. The van der Waals surface area contributed by atoms with Gasteiger partial charge in [-0.1, -0.05) is 19.1 Å². The fourth-order valence-electron chi connectivity index (χ4n) is 1.58. The van der Waals surface area contributed by atoms with Crippen LogP contribution in [0.15, 0.2) is 30.6 Å². The molecule has 0 aliphatic carbocycles. The summed E-state index contributed by atoms with van der Waals surface area (Å²) < 4.78 is 15.2. The van der Waals surface area contributed by atoms with E-state index in [1.165, 1.54) is 0 Å². The maximum absolute atomic E-state index is 13.5. The van der Waals surface area contributed by atoms with E-state index < -0.39 is 0 Å². The molecule has 0 aliphatic rings. The van der Waals surface area contributed by atoms with Crippen LogP contribution in [0, 0.1) is 5.82 Å². The number of benzene rings is 1. The van der Waals surface area contributed by atoms with Crippen molar-refractivity contribution in [3.05, 3.63) is 42.0 Å². The van der Waals surface area contributed by atoms with Crippen LogP contribution in [0.3, 0.4) is 0 Å². The highest BCUT2D eigenvalue weighted by molar-refractivity contribution is 5.62. The van der Waals surface area contributed by atoms with Crippen molar-refractivity contribution in [1.29, 1.82) is 0 Å². The van der Waals surface area contributed by atoms with E-state index in [4.69, 9.17) is 0 Å². The topological polar surface area (TPSA) is 17.8 Å². The molecule has 0 radical (unpaired) electrons. The van der Waals surface area contributed by atoms with Crippen molar-refractivity contribution < 1.29 is 4.39 Å². The molecule has 2 rings (SSSR count). The average Bonchev–Trinajstić information content (AvgIpc) is 2.65. The van der Waals surface area contributed by atoms with Gasteiger partial charge in [0.2, 0.25) is 0 Å². The van der Waals surface area contributed by atoms with Crippen molar-refractivity contribution >= 4 is 0 Å². The van der Waals surface area contributed by atoms with Crippen LogP contribution in [-0.2, 0) is 13.5 Å². The summed E-state index contributed by atoms with van der Waals surface area (Å²) in [5, 5.41) is 4.06. The summed E-state index contributed by atoms with van der Waals surface area (Å²) in [6, 6.07) is 5.33. The van der Waals surface area contributed by atoms with Gasteiger partial charge in [-0.15, -0.1) is 0 Å². The quantitative estimate of drug-likeness (QED) is 0.735. The Labute approximate surface area is 88.4 Å². The predicted octanol–water partition coefficient (Wildman–Crippen LogP) is 2.79. The molecule has 0 saturated carbocycles. The van der Waals surface area contributed by atoms with Crippen LogP contribution in [0.1, 0.15) is 12.5 Å². The lowest BCUT2D eigenvalue weighted by molar-refractivity contribution is 0.613. The first-order valence-corrected chi connectivity index (χ1v) is 4.98. The molecule has 0 unspecified atom stereocenters. The van der Waals surface area contributed by atoms with E-state index in [2.05, 4.69) is 5.10 Å². The standard InChI is InChI=1S/C12H13FN2/c1-3-9-4-5-10(6-12(9)13)11-7-14-15(2)8-11/h4-8H,3H2,1-2H3. The second-order valence-corrected chi connectivity index (χ2v) is 3.56. The lowest BCUT2D eigenvalue weighted by Gasteiger charge is -2.02. The zero-order valence-corrected chi connectivity index (χ0v) is 8.87. The first-order valence-electron chi connectivity index (χ1n) is 4.98. The molecule has 1 heterocycles. The van der Waals surface area contributed by atoms with Crippen LogP contribution < -0.4 is 0 Å². The maximum atomic E-state index is 13.5. The van der Waals surface area contributed by atoms with Gasteiger partial charge in [0.05, 0.1) is 6.20 Å². The second-order valence-electron chi connectivity index (χ2n) is 3.56. The molecule has 3 heteroatoms. The fourth-order valence-corrected chi connectivity index (χ4v) is 1.58. The van der Waals surface area contributed by atoms with E-state index in [9.17, 15) is 4.39 Å². The SMILES string of the molecule is CCc1ccc(-c2cnn(C)c2)cc1F. The Morgan fingerprint density at radius 2 is 2.13 bits per heavy atom. The molecule has 0 aliphatic heterocycles. The molecule has 0 amide bonds. The van der Waals surface area contributed by atoms with Gasteiger partial charge >= 0.3 is 0 Å². The normalized spacial score (nSPS) is 10.6. The summed E-state index contributed by atoms with van der Waals surface area (Å²) in [6.45, 7) is 1.95. The van der Waals surface area contributed by atoms with Crippen LogP contribution in [0.5, 0.6) is 0 Å². The molecule has 1 aromatic carbocycles. The largest absolute Gasteiger partial charge is 0.275 e. The molecule has 0 saturated heterocycles. The van der Waals surface area contributed by atoms with Crippen LogP contribution >= 0.6 is 0 Å². The van der Waals surface area contributed by atoms with Gasteiger partial charge in [-0.3, -0.25) is 4.68 Å². The van der Waals surface area contributed by atoms with Gasteiger partial charge in [-0.25, -0.2) is 4.39 Å². The Balaban J connectivity index is 2.42. The fraction of sp³-hybridized carbons (Fsp3) is 0.250. The molecule has 78 valence electrons. The summed E-state index contributed by atoms with van der Waals surface area (Å²) in [7, 11) is 1.85. The van der Waals surface area contributed by atoms with Crippen LogP contribution in [0.2, 0.25) is 0 Å². The van der Waals surface area contributed by atoms with Crippen molar-refractivity contribution in [2.75, 3.05) is 0 Å². The molecular formula is C12H13FN2. The lowest BCUT2D eigenvalue weighted by Crippen LogP contribution is -1.88. The van der Waals surface area contributed by atoms with Gasteiger partial charge in [-0.05, 0) is 23.6 Å². The molecule has 2 aromatic rings. The first kappa shape index (κ1) is 9.90. The van der Waals surface area contributed by atoms with Crippen molar-refractivity contribution in [2.24, 2.45) is 7.05 Å². The van der Waals surface area contributed by atoms with Crippen LogP contribution in [0.25, 0.3) is 11.1 Å². The molecule has 0 atom stereocenters. The van der Waals surface area contributed by atoms with E-state index in [1.807, 2.05) is 32.3 Å². The van der Waals surface area contributed by atoms with Crippen molar-refractivity contribution in [2.45, 2.75) is 13.3 Å². The van der Waals surface area contributed by atoms with Gasteiger partial charge in [0.15, 0.2) is 0 Å². The highest BCUT2D eigenvalue weighted by atomic mass is 19.1. The van der Waals surface area contributed by atoms with Crippen molar-refractivity contribution in [3.8, 4) is 11.1 Å². The molecule has 2 nitrogen and oxygen atoms in total. The summed E-state index contributed by atoms with van der Waals surface area (Å²) in [6.07, 6.45) is 4.33. The second kappa shape index (κ2) is 3.85. The third-order valence-electron chi connectivity index (χ3n) is 2.47. The van der Waals surface area contributed by atoms with Crippen LogP contribution in [0.4, 0.5) is 4.39 Å². The van der Waals surface area contributed by atoms with E-state index in [1.54, 1.807) is 16.9 Å². The summed E-state index contributed by atoms with van der Waals surface area (Å²) >= 11 is 0. The molecule has 15 heavy (non-hydrogen) atoms. The minimum absolute atomic E-state index is 0.140. The molecule has 0 bridgehead atoms. The minimum Gasteiger partial charge on any atom is -0.275 e. The molecule has 1 aromatic heterocycles. The lowest BCUT2D eigenvalue weighted by atomic mass is 10.1. The molecule has 0 fully saturated rings. The highest BCUT2D eigenvalue weighted by Crippen LogP contribution is 2.21. The summed E-state index contributed by atoms with van der Waals surface area (Å²) in [5.41, 5.74) is 2.57. The van der Waals surface area contributed by atoms with Gasteiger partial charge < -0.3 is 0 Å². The van der Waals surface area contributed by atoms with Gasteiger partial charge in [-0.2, -0.15) is 5.10 Å². The summed E-state index contributed by atoms with van der Waals surface area (Å²) in [4.78, 5) is 0. The first-order chi connectivity index (χ1) is 7.20. The molecular weight excluding hydrogens is 191 g/mol. The Kier molecular flexibility index (Phi) is 2.54. The van der Waals surface area contributed by atoms with E-state index >= 15 is 0 Å². The van der Waals surface area contributed by atoms with E-state index in [0.717, 1.165) is 23.1 Å². The van der Waals surface area contributed by atoms with Gasteiger partial charge in [0.1, 0.15) is 5.82 Å². The number of halogens is 1. The third-order valence-corrected chi connectivity index (χ3v) is 2.47. The predicted molar refractivity (Wildman–Crippen MR) is 58.0 cm³/mol. The van der Waals surface area contributed by atoms with Crippen LogP contribution in [-0.4, -0.2) is 9.78 Å². The summed E-state index contributed by atoms with van der Waals surface area (Å²) in [5.74, 6) is -0.140. The van der Waals surface area contributed by atoms with Crippen molar-refractivity contribution in [1.82, 2.24) is 9.78 Å². The van der Waals surface area contributed by atoms with E-state index in [-0.39, 0.29) is 5.82 Å². The number of aryl methyl sites for hydroxylation is 2. The van der Waals surface area contributed by atoms with Gasteiger partial charge in [0.25, 0.3) is 0 Å². The Morgan fingerprint density at radius 3 is 2.67 bits per heavy atom.